The van der Waals surface area contributed by atoms with Crippen LogP contribution in [0.1, 0.15) is 104 Å². The molecule has 0 radical (unpaired) electrons. The van der Waals surface area contributed by atoms with E-state index in [1.807, 2.05) is 104 Å². The summed E-state index contributed by atoms with van der Waals surface area (Å²) in [4.78, 5) is 0. The second kappa shape index (κ2) is 13.7. The molecule has 0 heterocycles. The van der Waals surface area contributed by atoms with Gasteiger partial charge in [-0.05, 0) is 115 Å². The largest absolute Gasteiger partial charge is 0.530 e. The molecule has 0 atom stereocenters. The minimum absolute atomic E-state index is 0.0761. The molecule has 198 valence electrons. The maximum Gasteiger partial charge on any atom is 0.530 e. The van der Waals surface area contributed by atoms with Gasteiger partial charge in [0.15, 0.2) is 0 Å². The van der Waals surface area contributed by atoms with E-state index in [9.17, 15) is 0 Å². The molecule has 0 aromatic carbocycles. The van der Waals surface area contributed by atoms with Crippen LogP contribution in [0.4, 0.5) is 0 Å². The third kappa shape index (κ3) is 18.6. The summed E-state index contributed by atoms with van der Waals surface area (Å²) in [5.41, 5.74) is 2.41. The first-order valence-electron chi connectivity index (χ1n) is 11.9. The van der Waals surface area contributed by atoms with Crippen molar-refractivity contribution < 1.29 is 26.6 Å². The summed E-state index contributed by atoms with van der Waals surface area (Å²) in [6.07, 6.45) is 0.228. The van der Waals surface area contributed by atoms with Crippen molar-refractivity contribution in [2.75, 3.05) is 0 Å². The molecule has 0 saturated carbocycles. The van der Waals surface area contributed by atoms with Gasteiger partial charge in [0.25, 0.3) is 0 Å². The highest BCUT2D eigenvalue weighted by Crippen LogP contribution is 2.29. The minimum Gasteiger partial charge on any atom is -0.368 e. The average molecular weight is 507 g/mol. The summed E-state index contributed by atoms with van der Waals surface area (Å²) >= 11 is 0. The predicted octanol–water partition coefficient (Wildman–Crippen LogP) is 7.02. The van der Waals surface area contributed by atoms with Crippen LogP contribution in [0.3, 0.4) is 0 Å². The average Bonchev–Trinajstić information content (AvgIpc) is 2.48. The number of hydrogen-bond donors (Lipinski definition) is 0. The molecule has 0 N–H and O–H groups in total. The Morgan fingerprint density at radius 3 is 0.818 bits per heavy atom. The van der Waals surface area contributed by atoms with E-state index in [-0.39, 0.29) is 35.1 Å². The lowest BCUT2D eigenvalue weighted by Gasteiger charge is -2.41. The fourth-order valence-electron chi connectivity index (χ4n) is 2.68. The summed E-state index contributed by atoms with van der Waals surface area (Å²) < 4.78 is 35.7. The zero-order chi connectivity index (χ0) is 26.9. The summed E-state index contributed by atoms with van der Waals surface area (Å²) in [5, 5.41) is 0. The van der Waals surface area contributed by atoms with Gasteiger partial charge in [-0.25, -0.2) is 0 Å². The third-order valence-electron chi connectivity index (χ3n) is 3.05. The monoisotopic (exact) mass is 506 g/mol. The van der Waals surface area contributed by atoms with Gasteiger partial charge in [0.05, 0.1) is 16.8 Å². The van der Waals surface area contributed by atoms with Gasteiger partial charge in [0.1, 0.15) is 0 Å². The highest BCUT2D eigenvalue weighted by atomic mass is 28.4. The highest BCUT2D eigenvalue weighted by molar-refractivity contribution is 6.66. The normalized spacial score (nSPS) is 13.9. The fourth-order valence-corrected chi connectivity index (χ4v) is 8.04. The number of hydrogen-bond acceptors (Lipinski definition) is 6. The van der Waals surface area contributed by atoms with Crippen LogP contribution < -0.4 is 0 Å². The Hall–Kier alpha value is -0.326. The van der Waals surface area contributed by atoms with E-state index in [1.165, 1.54) is 0 Å². The molecule has 0 fully saturated rings. The standard InChI is InChI=1S/C14H30O3Si.C11H24O3Si/c1-11-18(15-12(2,3)4,16-13(5,6)7)17-14(8,9)10;1-8-15(12-9(2)3,13-10(4)5)14-11(6)7/h11H,1H2,2-10H3;8-11H,1H2,2-7H3. The first-order valence-corrected chi connectivity index (χ1v) is 15.5. The molecular weight excluding hydrogens is 452 g/mol. The topological polar surface area (TPSA) is 55.4 Å². The molecule has 0 rings (SSSR count). The van der Waals surface area contributed by atoms with Gasteiger partial charge < -0.3 is 26.6 Å². The van der Waals surface area contributed by atoms with Gasteiger partial charge in [0.2, 0.25) is 0 Å². The zero-order valence-electron chi connectivity index (χ0n) is 24.3. The van der Waals surface area contributed by atoms with Crippen LogP contribution in [0.25, 0.3) is 0 Å². The Labute approximate surface area is 207 Å². The molecule has 0 unspecified atom stereocenters. The van der Waals surface area contributed by atoms with Crippen LogP contribution >= 0.6 is 0 Å². The molecule has 8 heteroatoms. The van der Waals surface area contributed by atoms with Crippen molar-refractivity contribution in [3.8, 4) is 0 Å². The van der Waals surface area contributed by atoms with E-state index >= 15 is 0 Å². The lowest BCUT2D eigenvalue weighted by molar-refractivity contribution is -0.0666. The maximum absolute atomic E-state index is 6.10. The van der Waals surface area contributed by atoms with Crippen LogP contribution in [0.15, 0.2) is 24.6 Å². The van der Waals surface area contributed by atoms with Gasteiger partial charge in [-0.2, -0.15) is 0 Å². The van der Waals surface area contributed by atoms with Crippen molar-refractivity contribution >= 4 is 17.6 Å². The van der Waals surface area contributed by atoms with Crippen LogP contribution in [0.2, 0.25) is 0 Å². The molecule has 0 spiro atoms. The van der Waals surface area contributed by atoms with Gasteiger partial charge >= 0.3 is 17.6 Å². The van der Waals surface area contributed by atoms with E-state index in [1.54, 1.807) is 11.4 Å². The van der Waals surface area contributed by atoms with Gasteiger partial charge in [-0.3, -0.25) is 0 Å². The Morgan fingerprint density at radius 1 is 0.485 bits per heavy atom. The highest BCUT2D eigenvalue weighted by Gasteiger charge is 2.47. The Kier molecular flexibility index (Phi) is 14.4. The van der Waals surface area contributed by atoms with Crippen molar-refractivity contribution in [3.63, 3.8) is 0 Å². The van der Waals surface area contributed by atoms with Crippen molar-refractivity contribution in [3.05, 3.63) is 24.6 Å². The molecule has 0 aliphatic rings. The van der Waals surface area contributed by atoms with Crippen LogP contribution in [0.5, 0.6) is 0 Å². The summed E-state index contributed by atoms with van der Waals surface area (Å²) in [7, 11) is -5.61. The molecule has 6 nitrogen and oxygen atoms in total. The molecule has 0 aromatic rings. The summed E-state index contributed by atoms with van der Waals surface area (Å²) in [6, 6.07) is 0. The van der Waals surface area contributed by atoms with E-state index in [2.05, 4.69) is 13.2 Å². The first-order chi connectivity index (χ1) is 14.5. The number of rotatable bonds is 11. The van der Waals surface area contributed by atoms with Gasteiger partial charge in [-0.15, -0.1) is 0 Å². The molecule has 33 heavy (non-hydrogen) atoms. The molecule has 0 bridgehead atoms. The Morgan fingerprint density at radius 2 is 0.697 bits per heavy atom. The Bertz CT molecular complexity index is 502. The molecule has 0 amide bonds. The van der Waals surface area contributed by atoms with Crippen molar-refractivity contribution in [2.24, 2.45) is 0 Å². The molecule has 0 aromatic heterocycles. The van der Waals surface area contributed by atoms with Gasteiger partial charge in [-0.1, -0.05) is 13.2 Å². The third-order valence-corrected chi connectivity index (χ3v) is 9.14. The lowest BCUT2D eigenvalue weighted by Crippen LogP contribution is -2.56. The smallest absolute Gasteiger partial charge is 0.368 e. The fraction of sp³-hybridized carbons (Fsp3) is 0.840. The minimum atomic E-state index is -2.91. The lowest BCUT2D eigenvalue weighted by atomic mass is 10.2. The van der Waals surface area contributed by atoms with Crippen LogP contribution in [0, 0.1) is 0 Å². The molecule has 0 aliphatic heterocycles. The summed E-state index contributed by atoms with van der Waals surface area (Å²) in [6.45, 7) is 37.4. The Balaban J connectivity index is 0. The van der Waals surface area contributed by atoms with Crippen LogP contribution in [-0.2, 0) is 26.6 Å². The molecular formula is C25H54O6Si2. The van der Waals surface area contributed by atoms with Crippen molar-refractivity contribution in [2.45, 2.75) is 139 Å². The van der Waals surface area contributed by atoms with Crippen LogP contribution in [-0.4, -0.2) is 52.7 Å². The van der Waals surface area contributed by atoms with E-state index in [0.717, 1.165) is 0 Å². The SMILES string of the molecule is C=C[Si](OC(C)(C)C)(OC(C)(C)C)OC(C)(C)C.C=C[Si](OC(C)C)(OC(C)C)OC(C)C. The molecule has 0 saturated heterocycles. The van der Waals surface area contributed by atoms with Crippen molar-refractivity contribution in [1.29, 1.82) is 0 Å². The van der Waals surface area contributed by atoms with E-state index in [4.69, 9.17) is 26.6 Å². The maximum atomic E-state index is 6.10. The molecule has 0 aliphatic carbocycles. The van der Waals surface area contributed by atoms with E-state index in [0.29, 0.717) is 0 Å². The van der Waals surface area contributed by atoms with Crippen molar-refractivity contribution in [1.82, 2.24) is 0 Å². The first kappa shape index (κ1) is 34.8. The second-order valence-corrected chi connectivity index (χ2v) is 16.3. The predicted molar refractivity (Wildman–Crippen MR) is 143 cm³/mol. The quantitative estimate of drug-likeness (QED) is 0.281. The van der Waals surface area contributed by atoms with E-state index < -0.39 is 17.6 Å². The second-order valence-electron chi connectivity index (χ2n) is 11.8. The zero-order valence-corrected chi connectivity index (χ0v) is 26.3. The summed E-state index contributed by atoms with van der Waals surface area (Å²) in [5.74, 6) is 0. The van der Waals surface area contributed by atoms with Gasteiger partial charge in [0, 0.05) is 18.3 Å².